The van der Waals surface area contributed by atoms with Crippen molar-refractivity contribution in [3.8, 4) is 5.69 Å². The van der Waals surface area contributed by atoms with Crippen molar-refractivity contribution in [3.63, 3.8) is 0 Å². The van der Waals surface area contributed by atoms with Crippen LogP contribution in [-0.2, 0) is 6.18 Å². The first-order chi connectivity index (χ1) is 15.1. The van der Waals surface area contributed by atoms with Crippen molar-refractivity contribution in [2.45, 2.75) is 45.7 Å². The molecule has 6 nitrogen and oxygen atoms in total. The number of carbonyl (C=O) groups is 1. The molecule has 0 N–H and O–H groups in total. The van der Waals surface area contributed by atoms with Crippen LogP contribution < -0.4 is 0 Å². The molecule has 9 heteroatoms. The molecule has 0 amide bonds. The van der Waals surface area contributed by atoms with E-state index in [9.17, 15) is 18.0 Å². The summed E-state index contributed by atoms with van der Waals surface area (Å²) in [5.74, 6) is 1.43. The Balaban J connectivity index is 1.47. The minimum atomic E-state index is -4.42. The van der Waals surface area contributed by atoms with Crippen LogP contribution in [0.3, 0.4) is 0 Å². The third-order valence-electron chi connectivity index (χ3n) is 6.01. The van der Waals surface area contributed by atoms with Gasteiger partial charge in [-0.1, -0.05) is 11.2 Å². The predicted octanol–water partition coefficient (Wildman–Crippen LogP) is 4.87. The van der Waals surface area contributed by atoms with E-state index in [2.05, 4.69) is 15.0 Å². The van der Waals surface area contributed by atoms with Gasteiger partial charge >= 0.3 is 6.18 Å². The van der Waals surface area contributed by atoms with Gasteiger partial charge in [0.2, 0.25) is 5.89 Å². The lowest BCUT2D eigenvalue weighted by atomic mass is 9.96. The summed E-state index contributed by atoms with van der Waals surface area (Å²) in [6.07, 6.45) is -2.76. The van der Waals surface area contributed by atoms with Gasteiger partial charge in [0, 0.05) is 28.6 Å². The second kappa shape index (κ2) is 8.54. The van der Waals surface area contributed by atoms with E-state index in [0.717, 1.165) is 43.8 Å². The maximum Gasteiger partial charge on any atom is 0.416 e. The number of hydrogen-bond acceptors (Lipinski definition) is 5. The molecule has 0 saturated carbocycles. The summed E-state index contributed by atoms with van der Waals surface area (Å²) in [5, 5.41) is 3.84. The number of nitrogens with zero attached hydrogens (tertiary/aromatic N) is 4. The number of carbonyl (C=O) groups excluding carboxylic acids is 1. The standard InChI is InChI=1S/C23H25F3N4O2/c1-14-11-20(15(2)30(14)19-6-4-5-18(12-19)23(24,25)26)21(31)13-29-9-7-17(8-10-29)22-27-16(3)28-32-22/h4-6,11-12,17H,7-10,13H2,1-3H3. The molecular weight excluding hydrogens is 421 g/mol. The zero-order valence-corrected chi connectivity index (χ0v) is 18.2. The van der Waals surface area contributed by atoms with Crippen LogP contribution in [0.1, 0.15) is 57.8 Å². The molecule has 170 valence electrons. The summed E-state index contributed by atoms with van der Waals surface area (Å²) in [6, 6.07) is 6.91. The smallest absolute Gasteiger partial charge is 0.339 e. The van der Waals surface area contributed by atoms with Crippen LogP contribution in [0, 0.1) is 20.8 Å². The number of alkyl halides is 3. The van der Waals surface area contributed by atoms with Crippen molar-refractivity contribution in [1.29, 1.82) is 0 Å². The van der Waals surface area contributed by atoms with Gasteiger partial charge in [-0.15, -0.1) is 0 Å². The molecule has 0 atom stereocenters. The molecule has 2 aromatic heterocycles. The molecule has 32 heavy (non-hydrogen) atoms. The zero-order valence-electron chi connectivity index (χ0n) is 18.2. The third-order valence-corrected chi connectivity index (χ3v) is 6.01. The first-order valence-electron chi connectivity index (χ1n) is 10.6. The molecule has 3 aromatic rings. The summed E-state index contributed by atoms with van der Waals surface area (Å²) in [6.45, 7) is 7.10. The zero-order chi connectivity index (χ0) is 23.0. The van der Waals surface area contributed by atoms with Gasteiger partial charge in [0.25, 0.3) is 0 Å². The average Bonchev–Trinajstić information content (AvgIpc) is 3.30. The van der Waals surface area contributed by atoms with E-state index in [-0.39, 0.29) is 18.2 Å². The van der Waals surface area contributed by atoms with E-state index < -0.39 is 11.7 Å². The predicted molar refractivity (Wildman–Crippen MR) is 112 cm³/mol. The maximum atomic E-state index is 13.1. The maximum absolute atomic E-state index is 13.1. The van der Waals surface area contributed by atoms with Crippen molar-refractivity contribution in [3.05, 3.63) is 64.6 Å². The fourth-order valence-electron chi connectivity index (χ4n) is 4.37. The average molecular weight is 446 g/mol. The minimum absolute atomic E-state index is 0.0385. The van der Waals surface area contributed by atoms with Gasteiger partial charge in [-0.2, -0.15) is 18.2 Å². The SMILES string of the molecule is Cc1noc(C2CCN(CC(=O)c3cc(C)n(-c4cccc(C(F)(F)F)c4)c3C)CC2)n1. The summed E-state index contributed by atoms with van der Waals surface area (Å²) in [7, 11) is 0. The third kappa shape index (κ3) is 4.48. The van der Waals surface area contributed by atoms with Gasteiger partial charge < -0.3 is 9.09 Å². The number of aromatic nitrogens is 3. The Labute approximate surface area is 184 Å². The van der Waals surface area contributed by atoms with E-state index >= 15 is 0 Å². The number of ketones is 1. The number of piperidine rings is 1. The molecule has 1 aliphatic heterocycles. The number of hydrogen-bond donors (Lipinski definition) is 0. The first kappa shape index (κ1) is 22.3. The van der Waals surface area contributed by atoms with Crippen LogP contribution in [0.4, 0.5) is 13.2 Å². The molecule has 0 bridgehead atoms. The lowest BCUT2D eigenvalue weighted by molar-refractivity contribution is -0.137. The quantitative estimate of drug-likeness (QED) is 0.524. The Morgan fingerprint density at radius 3 is 2.50 bits per heavy atom. The molecule has 1 saturated heterocycles. The number of rotatable bonds is 5. The van der Waals surface area contributed by atoms with E-state index in [0.29, 0.717) is 28.7 Å². The van der Waals surface area contributed by atoms with Crippen molar-refractivity contribution in [2.75, 3.05) is 19.6 Å². The van der Waals surface area contributed by atoms with Crippen LogP contribution in [0.5, 0.6) is 0 Å². The van der Waals surface area contributed by atoms with Crippen LogP contribution in [0.25, 0.3) is 5.69 Å². The Hall–Kier alpha value is -2.94. The first-order valence-corrected chi connectivity index (χ1v) is 10.6. The Morgan fingerprint density at radius 1 is 1.16 bits per heavy atom. The number of halogens is 3. The molecule has 0 unspecified atom stereocenters. The fraction of sp³-hybridized carbons (Fsp3) is 0.435. The highest BCUT2D eigenvalue weighted by Gasteiger charge is 2.31. The largest absolute Gasteiger partial charge is 0.416 e. The molecule has 3 heterocycles. The Morgan fingerprint density at radius 2 is 1.88 bits per heavy atom. The highest BCUT2D eigenvalue weighted by molar-refractivity contribution is 5.99. The fourth-order valence-corrected chi connectivity index (χ4v) is 4.37. The number of aryl methyl sites for hydroxylation is 2. The van der Waals surface area contributed by atoms with E-state index in [1.165, 1.54) is 6.07 Å². The monoisotopic (exact) mass is 446 g/mol. The molecule has 4 rings (SSSR count). The number of benzene rings is 1. The van der Waals surface area contributed by atoms with E-state index in [1.54, 1.807) is 37.5 Å². The van der Waals surface area contributed by atoms with Crippen LogP contribution >= 0.6 is 0 Å². The number of likely N-dealkylation sites (tertiary alicyclic amines) is 1. The highest BCUT2D eigenvalue weighted by Crippen LogP contribution is 2.32. The molecule has 0 radical (unpaired) electrons. The molecule has 1 fully saturated rings. The molecule has 0 aliphatic carbocycles. The van der Waals surface area contributed by atoms with Gasteiger partial charge in [-0.3, -0.25) is 9.69 Å². The Bertz CT molecular complexity index is 1120. The molecule has 1 aromatic carbocycles. The van der Waals surface area contributed by atoms with Gasteiger partial charge in [0.15, 0.2) is 11.6 Å². The molecule has 0 spiro atoms. The van der Waals surface area contributed by atoms with E-state index in [1.807, 2.05) is 0 Å². The van der Waals surface area contributed by atoms with Gasteiger partial charge in [0.05, 0.1) is 12.1 Å². The van der Waals surface area contributed by atoms with Crippen molar-refractivity contribution >= 4 is 5.78 Å². The van der Waals surface area contributed by atoms with Gasteiger partial charge in [-0.05, 0) is 71.0 Å². The van der Waals surface area contributed by atoms with Crippen molar-refractivity contribution in [2.24, 2.45) is 0 Å². The summed E-state index contributed by atoms with van der Waals surface area (Å²) in [5.41, 5.74) is 1.58. The lowest BCUT2D eigenvalue weighted by Crippen LogP contribution is -2.37. The Kier molecular flexibility index (Phi) is 5.94. The van der Waals surface area contributed by atoms with Crippen LogP contribution in [-0.4, -0.2) is 45.0 Å². The summed E-state index contributed by atoms with van der Waals surface area (Å²) in [4.78, 5) is 19.4. The lowest BCUT2D eigenvalue weighted by Gasteiger charge is -2.29. The van der Waals surface area contributed by atoms with Crippen LogP contribution in [0.2, 0.25) is 0 Å². The normalized spacial score (nSPS) is 15.9. The van der Waals surface area contributed by atoms with Gasteiger partial charge in [0.1, 0.15) is 0 Å². The second-order valence-corrected chi connectivity index (χ2v) is 8.32. The summed E-state index contributed by atoms with van der Waals surface area (Å²) < 4.78 is 46.4. The summed E-state index contributed by atoms with van der Waals surface area (Å²) >= 11 is 0. The number of Topliss-reactive ketones (excluding diaryl/α,β-unsaturated/α-hetero) is 1. The van der Waals surface area contributed by atoms with Crippen LogP contribution in [0.15, 0.2) is 34.9 Å². The molecular formula is C23H25F3N4O2. The van der Waals surface area contributed by atoms with Crippen molar-refractivity contribution in [1.82, 2.24) is 19.6 Å². The minimum Gasteiger partial charge on any atom is -0.339 e. The van der Waals surface area contributed by atoms with E-state index in [4.69, 9.17) is 4.52 Å². The van der Waals surface area contributed by atoms with Crippen molar-refractivity contribution < 1.29 is 22.5 Å². The van der Waals surface area contributed by atoms with Gasteiger partial charge in [-0.25, -0.2) is 0 Å². The second-order valence-electron chi connectivity index (χ2n) is 8.32. The highest BCUT2D eigenvalue weighted by atomic mass is 19.4. The topological polar surface area (TPSA) is 64.2 Å². The molecule has 1 aliphatic rings.